The normalized spacial score (nSPS) is 12.8. The van der Waals surface area contributed by atoms with Gasteiger partial charge in [0.15, 0.2) is 0 Å². The van der Waals surface area contributed by atoms with Gasteiger partial charge in [-0.25, -0.2) is 0 Å². The molecule has 114 valence electrons. The number of nitrogens with two attached hydrogens (primary N) is 1. The van der Waals surface area contributed by atoms with Crippen LogP contribution in [0.2, 0.25) is 0 Å². The molecule has 1 heterocycles. The minimum atomic E-state index is -0.240. The Kier molecular flexibility index (Phi) is 5.47. The fraction of sp³-hybridized carbons (Fsp3) is 0.500. The van der Waals surface area contributed by atoms with Crippen molar-refractivity contribution in [3.63, 3.8) is 0 Å². The van der Waals surface area contributed by atoms with Crippen LogP contribution in [0.5, 0.6) is 0 Å². The molecule has 5 nitrogen and oxygen atoms in total. The summed E-state index contributed by atoms with van der Waals surface area (Å²) in [6.07, 6.45) is 1.64. The number of ether oxygens (including phenoxy) is 1. The molecule has 0 spiro atoms. The van der Waals surface area contributed by atoms with E-state index in [1.807, 2.05) is 12.1 Å². The maximum atomic E-state index is 6.04. The highest BCUT2D eigenvalue weighted by molar-refractivity contribution is 5.54. The Hall–Kier alpha value is -1.72. The van der Waals surface area contributed by atoms with E-state index in [4.69, 9.17) is 15.0 Å². The molecule has 1 aromatic heterocycles. The van der Waals surface area contributed by atoms with Gasteiger partial charge in [0.1, 0.15) is 0 Å². The van der Waals surface area contributed by atoms with Gasteiger partial charge >= 0.3 is 0 Å². The molecule has 0 saturated heterocycles. The van der Waals surface area contributed by atoms with Crippen LogP contribution in [0.4, 0.5) is 0 Å². The topological polar surface area (TPSA) is 74.2 Å². The van der Waals surface area contributed by atoms with Gasteiger partial charge in [-0.05, 0) is 24.3 Å². The molecule has 1 atom stereocenters. The molecule has 5 heteroatoms. The second-order valence-corrected chi connectivity index (χ2v) is 5.47. The van der Waals surface area contributed by atoms with E-state index in [0.717, 1.165) is 18.4 Å². The lowest BCUT2D eigenvalue weighted by molar-refractivity contribution is 0.188. The van der Waals surface area contributed by atoms with Crippen molar-refractivity contribution >= 4 is 0 Å². The number of hydrogen-bond acceptors (Lipinski definition) is 5. The second-order valence-electron chi connectivity index (χ2n) is 5.47. The Morgan fingerprint density at radius 1 is 1.24 bits per heavy atom. The third kappa shape index (κ3) is 4.12. The Balaban J connectivity index is 2.05. The predicted octanol–water partition coefficient (Wildman–Crippen LogP) is 3.29. The number of rotatable bonds is 7. The average molecular weight is 289 g/mol. The van der Waals surface area contributed by atoms with Crippen LogP contribution in [0, 0.1) is 0 Å². The fourth-order valence-corrected chi connectivity index (χ4v) is 2.09. The van der Waals surface area contributed by atoms with E-state index in [-0.39, 0.29) is 6.04 Å². The van der Waals surface area contributed by atoms with Crippen LogP contribution < -0.4 is 5.73 Å². The highest BCUT2D eigenvalue weighted by Crippen LogP contribution is 2.22. The summed E-state index contributed by atoms with van der Waals surface area (Å²) in [6.45, 7) is 5.02. The van der Waals surface area contributed by atoms with E-state index in [1.54, 1.807) is 7.11 Å². The van der Waals surface area contributed by atoms with Gasteiger partial charge in [-0.3, -0.25) is 0 Å². The Labute approximate surface area is 125 Å². The Bertz CT molecular complexity index is 549. The number of benzene rings is 1. The zero-order chi connectivity index (χ0) is 15.2. The Morgan fingerprint density at radius 2 is 1.95 bits per heavy atom. The van der Waals surface area contributed by atoms with E-state index in [1.165, 1.54) is 5.56 Å². The van der Waals surface area contributed by atoms with E-state index in [2.05, 4.69) is 36.1 Å². The van der Waals surface area contributed by atoms with Gasteiger partial charge in [-0.15, -0.1) is 0 Å². The maximum Gasteiger partial charge on any atom is 0.243 e. The molecule has 21 heavy (non-hydrogen) atoms. The van der Waals surface area contributed by atoms with Crippen LogP contribution in [0.3, 0.4) is 0 Å². The summed E-state index contributed by atoms with van der Waals surface area (Å²) in [5.74, 6) is 1.57. The van der Waals surface area contributed by atoms with Crippen LogP contribution >= 0.6 is 0 Å². The largest absolute Gasteiger partial charge is 0.385 e. The summed E-state index contributed by atoms with van der Waals surface area (Å²) in [4.78, 5) is 4.39. The first-order valence-electron chi connectivity index (χ1n) is 7.30. The van der Waals surface area contributed by atoms with Gasteiger partial charge in [0.25, 0.3) is 0 Å². The van der Waals surface area contributed by atoms with Crippen LogP contribution in [-0.2, 0) is 4.74 Å². The molecule has 0 fully saturated rings. The lowest BCUT2D eigenvalue weighted by Gasteiger charge is -2.05. The van der Waals surface area contributed by atoms with Crippen LogP contribution in [0.15, 0.2) is 28.8 Å². The highest BCUT2D eigenvalue weighted by atomic mass is 16.5. The van der Waals surface area contributed by atoms with Gasteiger partial charge in [0.2, 0.25) is 11.7 Å². The lowest BCUT2D eigenvalue weighted by Crippen LogP contribution is -2.11. The molecule has 2 aromatic rings. The Morgan fingerprint density at radius 3 is 2.57 bits per heavy atom. The predicted molar refractivity (Wildman–Crippen MR) is 81.9 cm³/mol. The molecule has 0 bridgehead atoms. The first-order chi connectivity index (χ1) is 10.1. The third-order valence-corrected chi connectivity index (χ3v) is 3.46. The first kappa shape index (κ1) is 15.7. The smallest absolute Gasteiger partial charge is 0.243 e. The molecule has 0 saturated carbocycles. The molecular formula is C16H23N3O2. The van der Waals surface area contributed by atoms with Crippen LogP contribution in [0.1, 0.15) is 50.1 Å². The van der Waals surface area contributed by atoms with Crippen molar-refractivity contribution < 1.29 is 9.26 Å². The standard InChI is InChI=1S/C16H23N3O2/c1-11(2)12-6-8-13(9-7-12)15-18-16(21-19-15)14(17)5-4-10-20-3/h6-9,11,14H,4-5,10,17H2,1-3H3. The summed E-state index contributed by atoms with van der Waals surface area (Å²) >= 11 is 0. The van der Waals surface area contributed by atoms with Crippen LogP contribution in [0.25, 0.3) is 11.4 Å². The molecule has 0 amide bonds. The summed E-state index contributed by atoms with van der Waals surface area (Å²) in [6, 6.07) is 7.97. The molecule has 0 aliphatic carbocycles. The van der Waals surface area contributed by atoms with Crippen molar-refractivity contribution in [3.05, 3.63) is 35.7 Å². The van der Waals surface area contributed by atoms with Gasteiger partial charge in [-0.1, -0.05) is 43.3 Å². The molecule has 1 aromatic carbocycles. The molecule has 0 aliphatic heterocycles. The molecule has 2 N–H and O–H groups in total. The maximum absolute atomic E-state index is 6.04. The van der Waals surface area contributed by atoms with E-state index in [0.29, 0.717) is 24.2 Å². The van der Waals surface area contributed by atoms with Crippen molar-refractivity contribution in [1.29, 1.82) is 0 Å². The fourth-order valence-electron chi connectivity index (χ4n) is 2.09. The number of methoxy groups -OCH3 is 1. The zero-order valence-corrected chi connectivity index (χ0v) is 12.9. The first-order valence-corrected chi connectivity index (χ1v) is 7.30. The lowest BCUT2D eigenvalue weighted by atomic mass is 10.0. The van der Waals surface area contributed by atoms with Crippen molar-refractivity contribution in [3.8, 4) is 11.4 Å². The minimum absolute atomic E-state index is 0.240. The molecule has 2 rings (SSSR count). The molecular weight excluding hydrogens is 266 g/mol. The van der Waals surface area contributed by atoms with E-state index in [9.17, 15) is 0 Å². The highest BCUT2D eigenvalue weighted by Gasteiger charge is 2.15. The second kappa shape index (κ2) is 7.33. The SMILES string of the molecule is COCCCC(N)c1nc(-c2ccc(C(C)C)cc2)no1. The van der Waals surface area contributed by atoms with Gasteiger partial charge < -0.3 is 15.0 Å². The number of hydrogen-bond donors (Lipinski definition) is 1. The molecule has 0 aliphatic rings. The summed E-state index contributed by atoms with van der Waals surface area (Å²) in [5, 5.41) is 4.01. The van der Waals surface area contributed by atoms with Crippen LogP contribution in [-0.4, -0.2) is 23.9 Å². The van der Waals surface area contributed by atoms with Gasteiger partial charge in [-0.2, -0.15) is 4.98 Å². The number of nitrogens with zero attached hydrogens (tertiary/aromatic N) is 2. The summed E-state index contributed by atoms with van der Waals surface area (Å²) in [5.41, 5.74) is 8.27. The quantitative estimate of drug-likeness (QED) is 0.792. The van der Waals surface area contributed by atoms with Crippen molar-refractivity contribution in [1.82, 2.24) is 10.1 Å². The zero-order valence-electron chi connectivity index (χ0n) is 12.9. The van der Waals surface area contributed by atoms with Crippen molar-refractivity contribution in [2.24, 2.45) is 5.73 Å². The summed E-state index contributed by atoms with van der Waals surface area (Å²) < 4.78 is 10.3. The number of aromatic nitrogens is 2. The van der Waals surface area contributed by atoms with E-state index < -0.39 is 0 Å². The van der Waals surface area contributed by atoms with Crippen molar-refractivity contribution in [2.45, 2.75) is 38.6 Å². The molecule has 0 radical (unpaired) electrons. The van der Waals surface area contributed by atoms with Gasteiger partial charge in [0, 0.05) is 19.3 Å². The molecule has 1 unspecified atom stereocenters. The third-order valence-electron chi connectivity index (χ3n) is 3.46. The monoisotopic (exact) mass is 289 g/mol. The van der Waals surface area contributed by atoms with Crippen molar-refractivity contribution in [2.75, 3.05) is 13.7 Å². The van der Waals surface area contributed by atoms with E-state index >= 15 is 0 Å². The van der Waals surface area contributed by atoms with Gasteiger partial charge in [0.05, 0.1) is 6.04 Å². The summed E-state index contributed by atoms with van der Waals surface area (Å²) in [7, 11) is 1.68. The average Bonchev–Trinajstić information content (AvgIpc) is 2.97. The minimum Gasteiger partial charge on any atom is -0.385 e.